The van der Waals surface area contributed by atoms with E-state index in [2.05, 4.69) is 37.3 Å². The number of rotatable bonds is 6. The Hall–Kier alpha value is -4.02. The van der Waals surface area contributed by atoms with E-state index in [-0.39, 0.29) is 11.7 Å². The van der Waals surface area contributed by atoms with E-state index in [4.69, 9.17) is 9.47 Å². The fourth-order valence-corrected chi connectivity index (χ4v) is 5.61. The summed E-state index contributed by atoms with van der Waals surface area (Å²) < 4.78 is 12.6. The maximum Gasteiger partial charge on any atom is 0.271 e. The second-order valence-electron chi connectivity index (χ2n) is 9.37. The van der Waals surface area contributed by atoms with Crippen LogP contribution in [-0.4, -0.2) is 48.7 Å². The first kappa shape index (κ1) is 24.3. The minimum Gasteiger partial charge on any atom is -0.455 e. The lowest BCUT2D eigenvalue weighted by Crippen LogP contribution is -2.41. The normalized spacial score (nSPS) is 16.3. The predicted octanol–water partition coefficient (Wildman–Crippen LogP) is 4.68. The molecule has 1 fully saturated rings. The highest BCUT2D eigenvalue weighted by Gasteiger charge is 2.29. The van der Waals surface area contributed by atoms with Crippen LogP contribution in [0.3, 0.4) is 0 Å². The molecule has 2 N–H and O–H groups in total. The third kappa shape index (κ3) is 4.92. The number of anilines is 3. The molecule has 6 rings (SSSR count). The van der Waals surface area contributed by atoms with Crippen molar-refractivity contribution in [3.05, 3.63) is 88.6 Å². The maximum absolute atomic E-state index is 12.3. The van der Waals surface area contributed by atoms with Crippen molar-refractivity contribution < 1.29 is 9.47 Å². The smallest absolute Gasteiger partial charge is 0.271 e. The van der Waals surface area contributed by atoms with Gasteiger partial charge in [0, 0.05) is 69.1 Å². The summed E-state index contributed by atoms with van der Waals surface area (Å²) in [5.74, 6) is 2.32. The van der Waals surface area contributed by atoms with E-state index in [0.717, 1.165) is 38.1 Å². The number of aromatic amines is 1. The Labute approximate surface area is 224 Å². The lowest BCUT2D eigenvalue weighted by molar-refractivity contribution is 0.0382. The molecule has 2 aromatic carbocycles. The van der Waals surface area contributed by atoms with Crippen molar-refractivity contribution in [1.82, 2.24) is 15.0 Å². The molecule has 0 amide bonds. The number of benzene rings is 2. The lowest BCUT2D eigenvalue weighted by Gasteiger charge is -2.35. The van der Waals surface area contributed by atoms with E-state index >= 15 is 0 Å². The van der Waals surface area contributed by atoms with Crippen LogP contribution in [-0.2, 0) is 11.3 Å². The molecule has 1 atom stereocenters. The molecule has 2 aromatic heterocycles. The van der Waals surface area contributed by atoms with E-state index in [1.165, 1.54) is 0 Å². The van der Waals surface area contributed by atoms with Crippen molar-refractivity contribution in [3.63, 3.8) is 0 Å². The second-order valence-corrected chi connectivity index (χ2v) is 10.5. The van der Waals surface area contributed by atoms with Crippen molar-refractivity contribution in [2.45, 2.75) is 22.4 Å². The van der Waals surface area contributed by atoms with Crippen molar-refractivity contribution >= 4 is 29.1 Å². The minimum atomic E-state index is -0.206. The van der Waals surface area contributed by atoms with Gasteiger partial charge in [0.2, 0.25) is 5.95 Å². The number of nitrogens with zero attached hydrogens (tertiary/aromatic N) is 4. The van der Waals surface area contributed by atoms with Crippen LogP contribution in [0.5, 0.6) is 11.5 Å². The molecule has 38 heavy (non-hydrogen) atoms. The second kappa shape index (κ2) is 10.4. The van der Waals surface area contributed by atoms with Crippen LogP contribution in [0, 0.1) is 0 Å². The van der Waals surface area contributed by atoms with E-state index in [0.29, 0.717) is 37.9 Å². The first-order valence-corrected chi connectivity index (χ1v) is 13.3. The first-order valence-electron chi connectivity index (χ1n) is 12.4. The van der Waals surface area contributed by atoms with Crippen LogP contribution in [0.15, 0.2) is 81.7 Å². The molecule has 1 unspecified atom stereocenters. The molecule has 9 nitrogen and oxygen atoms in total. The summed E-state index contributed by atoms with van der Waals surface area (Å²) >= 11 is 1.68. The Morgan fingerprint density at radius 3 is 2.82 bits per heavy atom. The number of H-pyrrole nitrogens is 1. The highest BCUT2D eigenvalue weighted by molar-refractivity contribution is 7.99. The van der Waals surface area contributed by atoms with Crippen molar-refractivity contribution in [1.29, 1.82) is 0 Å². The number of pyridine rings is 1. The summed E-state index contributed by atoms with van der Waals surface area (Å²) in [7, 11) is 3.84. The van der Waals surface area contributed by atoms with Gasteiger partial charge in [0.15, 0.2) is 0 Å². The van der Waals surface area contributed by atoms with E-state index in [9.17, 15) is 4.79 Å². The van der Waals surface area contributed by atoms with Gasteiger partial charge in [-0.05, 0) is 36.4 Å². The number of ether oxygens (including phenoxy) is 2. The Morgan fingerprint density at radius 1 is 1.13 bits per heavy atom. The SMILES string of the molecule is CN(C)c1ncc(CNc2ccc3c(c2)Sc2cccc(C4CN(c5ccc[nH]c5=O)CCO4)c2O3)cn1. The summed E-state index contributed by atoms with van der Waals surface area (Å²) in [6.07, 6.45) is 5.12. The molecule has 4 heterocycles. The highest BCUT2D eigenvalue weighted by atomic mass is 32.2. The zero-order chi connectivity index (χ0) is 26.1. The van der Waals surface area contributed by atoms with Crippen LogP contribution in [0.4, 0.5) is 17.3 Å². The largest absolute Gasteiger partial charge is 0.455 e. The van der Waals surface area contributed by atoms with Gasteiger partial charge in [-0.2, -0.15) is 0 Å². The third-order valence-corrected chi connectivity index (χ3v) is 7.61. The number of para-hydroxylation sites is 1. The maximum atomic E-state index is 12.3. The molecule has 2 aliphatic heterocycles. The third-order valence-electron chi connectivity index (χ3n) is 6.52. The van der Waals surface area contributed by atoms with Crippen LogP contribution in [0.2, 0.25) is 0 Å². The molecular formula is C28H28N6O3S. The van der Waals surface area contributed by atoms with E-state index < -0.39 is 0 Å². The molecule has 0 aliphatic carbocycles. The van der Waals surface area contributed by atoms with Crippen LogP contribution in [0.25, 0.3) is 0 Å². The molecule has 0 spiro atoms. The quantitative estimate of drug-likeness (QED) is 0.326. The number of aromatic nitrogens is 3. The Morgan fingerprint density at radius 2 is 2.00 bits per heavy atom. The summed E-state index contributed by atoms with van der Waals surface area (Å²) in [5, 5.41) is 3.46. The standard InChI is InChI=1S/C28H28N6O3S/c1-33(2)28-31-15-18(16-32-28)14-30-19-8-9-22-25(13-19)38-24-7-3-5-20(26(24)37-22)23-17-34(11-12-36-23)21-6-4-10-29-27(21)35/h3-10,13,15-16,23,30H,11-12,14,17H2,1-2H3,(H,29,35). The number of nitrogens with one attached hydrogen (secondary N) is 2. The van der Waals surface area contributed by atoms with Crippen LogP contribution in [0.1, 0.15) is 17.2 Å². The monoisotopic (exact) mass is 528 g/mol. The summed E-state index contributed by atoms with van der Waals surface area (Å²) in [4.78, 5) is 29.9. The van der Waals surface area contributed by atoms with E-state index in [1.54, 1.807) is 18.0 Å². The fourth-order valence-electron chi connectivity index (χ4n) is 4.58. The van der Waals surface area contributed by atoms with Crippen LogP contribution < -0.4 is 25.4 Å². The highest BCUT2D eigenvalue weighted by Crippen LogP contribution is 2.50. The Bertz CT molecular complexity index is 1510. The van der Waals surface area contributed by atoms with Gasteiger partial charge >= 0.3 is 0 Å². The van der Waals surface area contributed by atoms with Gasteiger partial charge in [-0.1, -0.05) is 23.9 Å². The van der Waals surface area contributed by atoms with Crippen molar-refractivity contribution in [2.75, 3.05) is 48.9 Å². The molecule has 194 valence electrons. The summed E-state index contributed by atoms with van der Waals surface area (Å²) in [6.45, 7) is 2.40. The molecule has 0 saturated carbocycles. The molecule has 2 aliphatic rings. The zero-order valence-corrected chi connectivity index (χ0v) is 22.0. The molecule has 4 aromatic rings. The molecule has 1 saturated heterocycles. The molecule has 10 heteroatoms. The number of hydrogen-bond donors (Lipinski definition) is 2. The molecule has 0 radical (unpaired) electrons. The predicted molar refractivity (Wildman–Crippen MR) is 149 cm³/mol. The van der Waals surface area contributed by atoms with Gasteiger partial charge in [0.1, 0.15) is 23.3 Å². The minimum absolute atomic E-state index is 0.0912. The topological polar surface area (TPSA) is 95.6 Å². The summed E-state index contributed by atoms with van der Waals surface area (Å²) in [6, 6.07) is 16.0. The number of morpholine rings is 1. The first-order chi connectivity index (χ1) is 18.5. The van der Waals surface area contributed by atoms with Crippen LogP contribution >= 0.6 is 11.8 Å². The fraction of sp³-hybridized carbons (Fsp3) is 0.250. The van der Waals surface area contributed by atoms with Gasteiger partial charge in [-0.15, -0.1) is 0 Å². The van der Waals surface area contributed by atoms with Gasteiger partial charge in [0.05, 0.1) is 16.4 Å². The van der Waals surface area contributed by atoms with Gasteiger partial charge in [0.25, 0.3) is 5.56 Å². The average Bonchev–Trinajstić information content (AvgIpc) is 2.95. The zero-order valence-electron chi connectivity index (χ0n) is 21.2. The van der Waals surface area contributed by atoms with E-state index in [1.807, 2.05) is 67.8 Å². The Kier molecular flexibility index (Phi) is 6.65. The van der Waals surface area contributed by atoms with Gasteiger partial charge in [-0.25, -0.2) is 9.97 Å². The molecule has 0 bridgehead atoms. The lowest BCUT2D eigenvalue weighted by atomic mass is 10.1. The van der Waals surface area contributed by atoms with Crippen molar-refractivity contribution in [3.8, 4) is 11.5 Å². The number of fused-ring (bicyclic) bond motifs is 2. The van der Waals surface area contributed by atoms with Crippen molar-refractivity contribution in [2.24, 2.45) is 0 Å². The Balaban J connectivity index is 1.18. The average molecular weight is 529 g/mol. The molecular weight excluding hydrogens is 500 g/mol. The van der Waals surface area contributed by atoms with Gasteiger partial charge in [-0.3, -0.25) is 4.79 Å². The summed E-state index contributed by atoms with van der Waals surface area (Å²) in [5.41, 5.74) is 3.56. The van der Waals surface area contributed by atoms with Gasteiger partial charge < -0.3 is 29.6 Å². The number of hydrogen-bond acceptors (Lipinski definition) is 9.